The van der Waals surface area contributed by atoms with Gasteiger partial charge in [-0.05, 0) is 18.4 Å². The lowest BCUT2D eigenvalue weighted by Crippen LogP contribution is -2.38. The molecular formula is C13H15N5O2S2. The summed E-state index contributed by atoms with van der Waals surface area (Å²) in [5.41, 5.74) is 0. The van der Waals surface area contributed by atoms with Crippen molar-refractivity contribution in [2.45, 2.75) is 23.8 Å². The third-order valence-electron chi connectivity index (χ3n) is 3.19. The zero-order valence-electron chi connectivity index (χ0n) is 11.9. The third-order valence-corrected chi connectivity index (χ3v) is 5.01. The number of amides is 3. The molecule has 3 rings (SSSR count). The number of nitrogens with one attached hydrogen (secondary N) is 2. The van der Waals surface area contributed by atoms with E-state index in [0.29, 0.717) is 24.7 Å². The van der Waals surface area contributed by atoms with E-state index in [1.54, 1.807) is 18.3 Å². The molecule has 22 heavy (non-hydrogen) atoms. The van der Waals surface area contributed by atoms with E-state index >= 15 is 0 Å². The van der Waals surface area contributed by atoms with Gasteiger partial charge in [-0.2, -0.15) is 0 Å². The van der Waals surface area contributed by atoms with Crippen molar-refractivity contribution < 1.29 is 9.59 Å². The maximum Gasteiger partial charge on any atom is 0.324 e. The summed E-state index contributed by atoms with van der Waals surface area (Å²) in [4.78, 5) is 30.5. The SMILES string of the molecule is C[C@@H](Sc1n[nH]c(Cc2cccs2)n1)C(=O)N1CCNC1=O. The first-order chi connectivity index (χ1) is 10.6. The summed E-state index contributed by atoms with van der Waals surface area (Å²) in [5, 5.41) is 11.8. The summed E-state index contributed by atoms with van der Waals surface area (Å²) in [6.45, 7) is 2.68. The van der Waals surface area contributed by atoms with Crippen molar-refractivity contribution in [1.82, 2.24) is 25.4 Å². The second-order valence-corrected chi connectivity index (χ2v) is 7.14. The highest BCUT2D eigenvalue weighted by molar-refractivity contribution is 8.00. The third kappa shape index (κ3) is 3.30. The van der Waals surface area contributed by atoms with Gasteiger partial charge in [-0.1, -0.05) is 17.8 Å². The molecule has 1 saturated heterocycles. The second-order valence-electron chi connectivity index (χ2n) is 4.80. The van der Waals surface area contributed by atoms with Crippen LogP contribution in [0.2, 0.25) is 0 Å². The molecule has 2 aromatic rings. The Morgan fingerprint density at radius 3 is 3.14 bits per heavy atom. The molecule has 0 aliphatic carbocycles. The molecule has 0 saturated carbocycles. The van der Waals surface area contributed by atoms with Crippen molar-refractivity contribution in [1.29, 1.82) is 0 Å². The van der Waals surface area contributed by atoms with Crippen LogP contribution in [0.3, 0.4) is 0 Å². The number of H-pyrrole nitrogens is 1. The monoisotopic (exact) mass is 337 g/mol. The Morgan fingerprint density at radius 1 is 1.59 bits per heavy atom. The van der Waals surface area contributed by atoms with E-state index < -0.39 is 5.25 Å². The van der Waals surface area contributed by atoms with Crippen LogP contribution in [0.1, 0.15) is 17.6 Å². The number of imide groups is 1. The van der Waals surface area contributed by atoms with Crippen LogP contribution in [0.25, 0.3) is 0 Å². The quantitative estimate of drug-likeness (QED) is 0.807. The van der Waals surface area contributed by atoms with Crippen molar-refractivity contribution in [3.05, 3.63) is 28.2 Å². The number of thioether (sulfide) groups is 1. The van der Waals surface area contributed by atoms with Gasteiger partial charge in [0.15, 0.2) is 0 Å². The maximum atomic E-state index is 12.2. The number of thiophene rings is 1. The molecular weight excluding hydrogens is 322 g/mol. The van der Waals surface area contributed by atoms with Crippen LogP contribution >= 0.6 is 23.1 Å². The number of aromatic nitrogens is 3. The number of hydrogen-bond donors (Lipinski definition) is 2. The maximum absolute atomic E-state index is 12.2. The minimum Gasteiger partial charge on any atom is -0.336 e. The van der Waals surface area contributed by atoms with Gasteiger partial charge in [0.05, 0.1) is 5.25 Å². The summed E-state index contributed by atoms with van der Waals surface area (Å²) in [7, 11) is 0. The average Bonchev–Trinajstić information content (AvgIpc) is 3.22. The highest BCUT2D eigenvalue weighted by Crippen LogP contribution is 2.22. The highest BCUT2D eigenvalue weighted by atomic mass is 32.2. The van der Waals surface area contributed by atoms with Gasteiger partial charge in [-0.25, -0.2) is 9.78 Å². The van der Waals surface area contributed by atoms with Crippen molar-refractivity contribution in [3.63, 3.8) is 0 Å². The zero-order chi connectivity index (χ0) is 15.5. The lowest BCUT2D eigenvalue weighted by Gasteiger charge is -2.15. The Balaban J connectivity index is 1.59. The minimum absolute atomic E-state index is 0.218. The van der Waals surface area contributed by atoms with E-state index in [1.165, 1.54) is 21.5 Å². The van der Waals surface area contributed by atoms with E-state index in [9.17, 15) is 9.59 Å². The summed E-state index contributed by atoms with van der Waals surface area (Å²) >= 11 is 2.92. The predicted molar refractivity (Wildman–Crippen MR) is 83.9 cm³/mol. The topological polar surface area (TPSA) is 91.0 Å². The molecule has 0 spiro atoms. The standard InChI is InChI=1S/C13H15N5O2S2/c1-8(11(19)18-5-4-14-13(18)20)22-12-15-10(16-17-12)7-9-3-2-6-21-9/h2-3,6,8H,4-5,7H2,1H3,(H,14,20)(H,15,16,17)/t8-/m1/s1. The van der Waals surface area contributed by atoms with Gasteiger partial charge in [0.25, 0.3) is 0 Å². The molecule has 116 valence electrons. The number of nitrogens with zero attached hydrogens (tertiary/aromatic N) is 3. The molecule has 0 aromatic carbocycles. The number of urea groups is 1. The fraction of sp³-hybridized carbons (Fsp3) is 0.385. The Bertz CT molecular complexity index is 670. The van der Waals surface area contributed by atoms with Gasteiger partial charge in [0.1, 0.15) is 5.82 Å². The van der Waals surface area contributed by atoms with Crippen molar-refractivity contribution in [2.75, 3.05) is 13.1 Å². The molecule has 1 fully saturated rings. The van der Waals surface area contributed by atoms with Gasteiger partial charge in [-0.3, -0.25) is 14.8 Å². The Hall–Kier alpha value is -1.87. The van der Waals surface area contributed by atoms with E-state index in [-0.39, 0.29) is 11.9 Å². The molecule has 7 nitrogen and oxygen atoms in total. The molecule has 1 aliphatic rings. The van der Waals surface area contributed by atoms with E-state index in [2.05, 4.69) is 20.5 Å². The van der Waals surface area contributed by atoms with E-state index in [1.807, 2.05) is 17.5 Å². The van der Waals surface area contributed by atoms with Crippen LogP contribution in [0.5, 0.6) is 0 Å². The Labute approximate surface area is 135 Å². The molecule has 0 bridgehead atoms. The first-order valence-electron chi connectivity index (χ1n) is 6.83. The van der Waals surface area contributed by atoms with Crippen LogP contribution in [0, 0.1) is 0 Å². The number of aromatic amines is 1. The van der Waals surface area contributed by atoms with Gasteiger partial charge < -0.3 is 5.32 Å². The van der Waals surface area contributed by atoms with Crippen LogP contribution < -0.4 is 5.32 Å². The number of rotatable bonds is 5. The average molecular weight is 337 g/mol. The summed E-state index contributed by atoms with van der Waals surface area (Å²) in [6, 6.07) is 3.71. The number of carbonyl (C=O) groups excluding carboxylic acids is 2. The summed E-state index contributed by atoms with van der Waals surface area (Å²) in [5.74, 6) is 0.549. The second kappa shape index (κ2) is 6.49. The molecule has 2 N–H and O–H groups in total. The normalized spacial score (nSPS) is 15.9. The molecule has 9 heteroatoms. The lowest BCUT2D eigenvalue weighted by atomic mass is 10.3. The molecule has 2 aromatic heterocycles. The zero-order valence-corrected chi connectivity index (χ0v) is 13.5. The number of carbonyl (C=O) groups is 2. The van der Waals surface area contributed by atoms with Crippen LogP contribution in [0.15, 0.2) is 22.7 Å². The first kappa shape index (κ1) is 15.0. The van der Waals surface area contributed by atoms with Gasteiger partial charge >= 0.3 is 6.03 Å². The molecule has 1 atom stereocenters. The molecule has 3 amide bonds. The van der Waals surface area contributed by atoms with Crippen LogP contribution in [0.4, 0.5) is 4.79 Å². The molecule has 1 aliphatic heterocycles. The molecule has 0 unspecified atom stereocenters. The van der Waals surface area contributed by atoms with Crippen molar-refractivity contribution in [2.24, 2.45) is 0 Å². The number of hydrogen-bond acceptors (Lipinski definition) is 6. The van der Waals surface area contributed by atoms with Gasteiger partial charge in [-0.15, -0.1) is 16.4 Å². The molecule has 0 radical (unpaired) electrons. The van der Waals surface area contributed by atoms with E-state index in [4.69, 9.17) is 0 Å². The Kier molecular flexibility index (Phi) is 4.44. The van der Waals surface area contributed by atoms with E-state index in [0.717, 1.165) is 5.82 Å². The molecule has 3 heterocycles. The van der Waals surface area contributed by atoms with Gasteiger partial charge in [0.2, 0.25) is 11.1 Å². The summed E-state index contributed by atoms with van der Waals surface area (Å²) < 4.78 is 0. The fourth-order valence-corrected chi connectivity index (χ4v) is 3.61. The highest BCUT2D eigenvalue weighted by Gasteiger charge is 2.30. The van der Waals surface area contributed by atoms with Crippen molar-refractivity contribution >= 4 is 35.0 Å². The van der Waals surface area contributed by atoms with Gasteiger partial charge in [0, 0.05) is 24.4 Å². The predicted octanol–water partition coefficient (Wildman–Crippen LogP) is 1.49. The van der Waals surface area contributed by atoms with Crippen molar-refractivity contribution in [3.8, 4) is 0 Å². The Morgan fingerprint density at radius 2 is 2.45 bits per heavy atom. The fourth-order valence-electron chi connectivity index (χ4n) is 2.10. The van der Waals surface area contributed by atoms with Crippen LogP contribution in [-0.2, 0) is 11.2 Å². The minimum atomic E-state index is -0.408. The lowest BCUT2D eigenvalue weighted by molar-refractivity contribution is -0.126. The smallest absolute Gasteiger partial charge is 0.324 e. The first-order valence-corrected chi connectivity index (χ1v) is 8.59. The largest absolute Gasteiger partial charge is 0.336 e. The summed E-state index contributed by atoms with van der Waals surface area (Å²) in [6.07, 6.45) is 0.697. The van der Waals surface area contributed by atoms with Crippen LogP contribution in [-0.4, -0.2) is 50.4 Å².